The molecular weight excluding hydrogens is 689 g/mol. The Kier molecular flexibility index (Phi) is 9.29. The van der Waals surface area contributed by atoms with Crippen molar-refractivity contribution in [1.82, 2.24) is 9.97 Å². The van der Waals surface area contributed by atoms with Crippen LogP contribution in [0.5, 0.6) is 0 Å². The number of nitrogens with zero attached hydrogens (tertiary/aromatic N) is 2. The maximum Gasteiger partial charge on any atom is 0.0776 e. The molecule has 0 unspecified atom stereocenters. The van der Waals surface area contributed by atoms with Crippen LogP contribution in [0, 0.1) is 12.1 Å². The normalized spacial score (nSPS) is 11.2. The molecule has 0 bridgehead atoms. The zero-order valence-corrected chi connectivity index (χ0v) is 27.2. The van der Waals surface area contributed by atoms with E-state index in [4.69, 9.17) is 0 Å². The van der Waals surface area contributed by atoms with Crippen LogP contribution in [0.4, 0.5) is 0 Å². The van der Waals surface area contributed by atoms with Gasteiger partial charge in [0, 0.05) is 37.2 Å². The van der Waals surface area contributed by atoms with Crippen molar-refractivity contribution in [3.63, 3.8) is 0 Å². The Hall–Kier alpha value is -2.95. The van der Waals surface area contributed by atoms with Crippen molar-refractivity contribution < 1.29 is 20.1 Å². The third kappa shape index (κ3) is 6.62. The fraction of sp³-hybridized carbons (Fsp3) is 0.176. The quantitative estimate of drug-likeness (QED) is 0.134. The van der Waals surface area contributed by atoms with Crippen molar-refractivity contribution in [3.05, 3.63) is 115 Å². The largest absolute Gasteiger partial charge is 0.305 e. The monoisotopic (exact) mass is 721 g/mol. The first-order valence-electron chi connectivity index (χ1n) is 13.0. The minimum atomic E-state index is -1.32. The summed E-state index contributed by atoms with van der Waals surface area (Å²) in [5.41, 5.74) is 5.48. The van der Waals surface area contributed by atoms with Gasteiger partial charge >= 0.3 is 0 Å². The van der Waals surface area contributed by atoms with Gasteiger partial charge in [0.1, 0.15) is 0 Å². The molecule has 39 heavy (non-hydrogen) atoms. The van der Waals surface area contributed by atoms with Gasteiger partial charge in [-0.1, -0.05) is 80.0 Å². The van der Waals surface area contributed by atoms with Crippen LogP contribution in [0.3, 0.4) is 0 Å². The zero-order valence-electron chi connectivity index (χ0n) is 23.0. The molecular formula is C34H32IrN2SSi-2. The van der Waals surface area contributed by atoms with Crippen molar-refractivity contribution >= 4 is 44.8 Å². The number of aromatic nitrogens is 2. The Morgan fingerprint density at radius 1 is 0.744 bits per heavy atom. The summed E-state index contributed by atoms with van der Waals surface area (Å²) in [5, 5.41) is 4.22. The predicted octanol–water partition coefficient (Wildman–Crippen LogP) is 9.13. The van der Waals surface area contributed by atoms with E-state index in [1.165, 1.54) is 30.9 Å². The first-order chi connectivity index (χ1) is 18.3. The summed E-state index contributed by atoms with van der Waals surface area (Å²) in [4.78, 5) is 8.87. The van der Waals surface area contributed by atoms with E-state index >= 15 is 0 Å². The minimum Gasteiger partial charge on any atom is -0.305 e. The molecule has 0 fully saturated rings. The minimum absolute atomic E-state index is 0. The molecule has 0 aliphatic carbocycles. The van der Waals surface area contributed by atoms with Gasteiger partial charge in [0.05, 0.1) is 8.07 Å². The summed E-state index contributed by atoms with van der Waals surface area (Å²) < 4.78 is 2.64. The van der Waals surface area contributed by atoms with Gasteiger partial charge in [-0.15, -0.1) is 59.7 Å². The van der Waals surface area contributed by atoms with Gasteiger partial charge in [0.25, 0.3) is 0 Å². The molecule has 3 aromatic heterocycles. The van der Waals surface area contributed by atoms with Crippen LogP contribution < -0.4 is 5.19 Å². The first kappa shape index (κ1) is 29.0. The standard InChI is InChI=1S/C23H24NSSi.C11H8N.Ir/c1-15(2)16-11-12-24-21(13-16)19-8-6-7-18-20-14-17(26(3,4)5)9-10-22(20)25-23(18)19;1-2-6-10(7-3-1)11-8-4-5-9-12-11;/h6-7,9-15H,1-5H3;1-6,8-9H;/q2*-1;. The molecule has 6 aromatic rings. The van der Waals surface area contributed by atoms with Gasteiger partial charge in [0.15, 0.2) is 0 Å². The van der Waals surface area contributed by atoms with E-state index in [2.05, 4.69) is 98.1 Å². The van der Waals surface area contributed by atoms with E-state index in [0.717, 1.165) is 22.5 Å². The van der Waals surface area contributed by atoms with Gasteiger partial charge in [-0.3, -0.25) is 0 Å². The molecule has 3 heterocycles. The fourth-order valence-electron chi connectivity index (χ4n) is 4.42. The second-order valence-corrected chi connectivity index (χ2v) is 16.9. The third-order valence-corrected chi connectivity index (χ3v) is 9.90. The Balaban J connectivity index is 0.000000228. The fourth-order valence-corrected chi connectivity index (χ4v) is 6.77. The molecule has 1 radical (unpaired) electrons. The number of rotatable bonds is 4. The first-order valence-corrected chi connectivity index (χ1v) is 17.3. The molecule has 199 valence electrons. The smallest absolute Gasteiger partial charge is 0.0776 e. The summed E-state index contributed by atoms with van der Waals surface area (Å²) in [7, 11) is -1.32. The van der Waals surface area contributed by atoms with Crippen molar-refractivity contribution in [1.29, 1.82) is 0 Å². The van der Waals surface area contributed by atoms with Crippen molar-refractivity contribution in [3.8, 4) is 22.5 Å². The number of thiophene rings is 1. The summed E-state index contributed by atoms with van der Waals surface area (Å²) in [6.07, 6.45) is 3.71. The molecule has 5 heteroatoms. The number of hydrogen-bond donors (Lipinski definition) is 0. The summed E-state index contributed by atoms with van der Waals surface area (Å²) >= 11 is 1.86. The molecule has 2 nitrogen and oxygen atoms in total. The SMILES string of the molecule is CC(C)c1ccnc(-c2[c-]ccc3c2sc2ccc([Si](C)(C)C)cc23)c1.[Ir].[c-]1ccccc1-c1ccccn1. The Morgan fingerprint density at radius 2 is 1.54 bits per heavy atom. The molecule has 0 aliphatic rings. The van der Waals surface area contributed by atoms with Crippen LogP contribution >= 0.6 is 11.3 Å². The van der Waals surface area contributed by atoms with Crippen molar-refractivity contribution in [2.45, 2.75) is 39.4 Å². The van der Waals surface area contributed by atoms with Crippen LogP contribution in [-0.4, -0.2) is 18.0 Å². The molecule has 0 amide bonds. The second-order valence-electron chi connectivity index (χ2n) is 10.8. The Labute approximate surface area is 250 Å². The van der Waals surface area contributed by atoms with Crippen LogP contribution in [0.15, 0.2) is 97.3 Å². The number of hydrogen-bond acceptors (Lipinski definition) is 3. The van der Waals surface area contributed by atoms with Crippen molar-refractivity contribution in [2.24, 2.45) is 0 Å². The second kappa shape index (κ2) is 12.5. The molecule has 0 saturated carbocycles. The van der Waals surface area contributed by atoms with Crippen LogP contribution in [0.1, 0.15) is 25.3 Å². The molecule has 0 N–H and O–H groups in total. The van der Waals surface area contributed by atoms with E-state index in [1.54, 1.807) is 6.20 Å². The molecule has 0 atom stereocenters. The van der Waals surface area contributed by atoms with E-state index in [-0.39, 0.29) is 20.1 Å². The van der Waals surface area contributed by atoms with Crippen molar-refractivity contribution in [2.75, 3.05) is 0 Å². The summed E-state index contributed by atoms with van der Waals surface area (Å²) in [6.45, 7) is 11.7. The number of benzene rings is 3. The van der Waals surface area contributed by atoms with Gasteiger partial charge in [-0.25, -0.2) is 0 Å². The predicted molar refractivity (Wildman–Crippen MR) is 167 cm³/mol. The number of fused-ring (bicyclic) bond motifs is 3. The van der Waals surface area contributed by atoms with Gasteiger partial charge < -0.3 is 9.97 Å². The van der Waals surface area contributed by atoms with Crippen LogP contribution in [-0.2, 0) is 20.1 Å². The molecule has 0 saturated heterocycles. The maximum absolute atomic E-state index is 4.65. The molecule has 0 spiro atoms. The van der Waals surface area contributed by atoms with E-state index in [9.17, 15) is 0 Å². The number of pyridine rings is 2. The van der Waals surface area contributed by atoms with E-state index in [1.807, 2.05) is 60.0 Å². The van der Waals surface area contributed by atoms with E-state index in [0.29, 0.717) is 5.92 Å². The molecule has 6 rings (SSSR count). The zero-order chi connectivity index (χ0) is 26.7. The Morgan fingerprint density at radius 3 is 2.23 bits per heavy atom. The van der Waals surface area contributed by atoms with Gasteiger partial charge in [0.2, 0.25) is 0 Å². The van der Waals surface area contributed by atoms with Crippen LogP contribution in [0.2, 0.25) is 19.6 Å². The summed E-state index contributed by atoms with van der Waals surface area (Å²) in [5.74, 6) is 0.498. The topological polar surface area (TPSA) is 25.8 Å². The Bertz CT molecular complexity index is 1640. The van der Waals surface area contributed by atoms with E-state index < -0.39 is 8.07 Å². The molecule has 3 aromatic carbocycles. The maximum atomic E-state index is 4.65. The molecule has 0 aliphatic heterocycles. The average Bonchev–Trinajstić information content (AvgIpc) is 3.32. The third-order valence-electron chi connectivity index (χ3n) is 6.65. The van der Waals surface area contributed by atoms with Gasteiger partial charge in [-0.2, -0.15) is 11.3 Å². The van der Waals surface area contributed by atoms with Gasteiger partial charge in [-0.05, 0) is 45.6 Å². The summed E-state index contributed by atoms with van der Waals surface area (Å²) in [6, 6.07) is 35.9. The average molecular weight is 721 g/mol. The van der Waals surface area contributed by atoms with Crippen LogP contribution in [0.25, 0.3) is 42.7 Å².